The van der Waals surface area contributed by atoms with Gasteiger partial charge in [0.25, 0.3) is 0 Å². The first-order valence-electron chi connectivity index (χ1n) is 10.5. The van der Waals surface area contributed by atoms with E-state index in [0.29, 0.717) is 35.1 Å². The summed E-state index contributed by atoms with van der Waals surface area (Å²) in [6.45, 7) is 6.48. The maximum Gasteiger partial charge on any atom is 1.00 e. The molecule has 0 heterocycles. The van der Waals surface area contributed by atoms with Crippen LogP contribution in [-0.4, -0.2) is 93.0 Å². The first-order chi connectivity index (χ1) is 13.4. The van der Waals surface area contributed by atoms with Gasteiger partial charge in [-0.05, 0) is 19.3 Å². The third-order valence-corrected chi connectivity index (χ3v) is 5.30. The van der Waals surface area contributed by atoms with Crippen molar-refractivity contribution in [3.05, 3.63) is 14.9 Å². The number of aliphatic carboxylic acids is 1. The molecule has 0 radical (unpaired) electrons. The van der Waals surface area contributed by atoms with Crippen molar-refractivity contribution in [3.63, 3.8) is 0 Å². The van der Waals surface area contributed by atoms with Gasteiger partial charge in [-0.15, -0.1) is 0 Å². The van der Waals surface area contributed by atoms with E-state index in [1.165, 1.54) is 0 Å². The van der Waals surface area contributed by atoms with Gasteiger partial charge in [-0.25, -0.2) is 0 Å². The van der Waals surface area contributed by atoms with Gasteiger partial charge in [-0.2, -0.15) is 0 Å². The van der Waals surface area contributed by atoms with Crippen LogP contribution in [0.3, 0.4) is 0 Å². The third-order valence-electron chi connectivity index (χ3n) is 5.30. The second-order valence-corrected chi connectivity index (χ2v) is 10.8. The molecule has 0 aromatic carbocycles. The molecule has 10 heteroatoms. The summed E-state index contributed by atoms with van der Waals surface area (Å²) in [6.07, 6.45) is 0.0197. The Kier molecular flexibility index (Phi) is 61.1. The molecule has 0 bridgehead atoms. The first kappa shape index (κ1) is 77.7. The Morgan fingerprint density at radius 3 is 1.54 bits per heavy atom. The average molecular weight is 613 g/mol. The number of hydrogen-bond donors (Lipinski definition) is 3. The Hall–Kier alpha value is -0.710. The summed E-state index contributed by atoms with van der Waals surface area (Å²) in [6, 6.07) is 0. The van der Waals surface area contributed by atoms with E-state index in [9.17, 15) is 24.6 Å². The number of likely N-dealkylation sites (N-methyl/N-ethyl adjacent to an activating group) is 2. The van der Waals surface area contributed by atoms with Crippen LogP contribution in [0.2, 0.25) is 0 Å². The minimum absolute atomic E-state index is 0. The molecule has 2 amide bonds. The Morgan fingerprint density at radius 1 is 0.854 bits per heavy atom. The molecule has 256 valence electrons. The van der Waals surface area contributed by atoms with Gasteiger partial charge in [-0.1, -0.05) is 80.2 Å². The Labute approximate surface area is 283 Å². The summed E-state index contributed by atoms with van der Waals surface area (Å²) in [5.41, 5.74) is 4.37. The normalized spacial score (nSPS) is 11.6. The molecular formula is C31H81N4NaO5. The summed E-state index contributed by atoms with van der Waals surface area (Å²) in [4.78, 5) is 35.9. The van der Waals surface area contributed by atoms with E-state index < -0.39 is 35.2 Å². The fourth-order valence-electron chi connectivity index (χ4n) is 3.65. The van der Waals surface area contributed by atoms with E-state index in [-0.39, 0.29) is 123 Å². The zero-order chi connectivity index (χ0) is 23.9. The summed E-state index contributed by atoms with van der Waals surface area (Å²) in [5, 5.41) is 24.8. The zero-order valence-corrected chi connectivity index (χ0v) is 25.0. The van der Waals surface area contributed by atoms with Gasteiger partial charge in [0.15, 0.2) is 12.8 Å². The maximum absolute atomic E-state index is 12.8. The molecular weight excluding hydrogens is 531 g/mol. The van der Waals surface area contributed by atoms with Gasteiger partial charge in [-0.3, -0.25) is 9.59 Å². The molecule has 0 spiro atoms. The van der Waals surface area contributed by atoms with Crippen molar-refractivity contribution in [2.45, 2.75) is 106 Å². The minimum Gasteiger partial charge on any atom is -0.550 e. The van der Waals surface area contributed by atoms with E-state index in [2.05, 4.69) is 5.32 Å². The number of carboxylic acid groups (broad SMARTS) is 1. The topological polar surface area (TPSA) is 133 Å². The number of carbonyl (C=O) groups excluding carboxylic acids is 3. The van der Waals surface area contributed by atoms with Crippen LogP contribution in [0.4, 0.5) is 0 Å². The molecule has 0 aromatic heterocycles. The van der Waals surface area contributed by atoms with E-state index in [1.807, 2.05) is 35.2 Å². The van der Waals surface area contributed by atoms with Gasteiger partial charge in [0, 0.05) is 23.2 Å². The number of hydrogen-bond acceptors (Lipinski definition) is 5. The van der Waals surface area contributed by atoms with Gasteiger partial charge < -0.3 is 49.9 Å². The molecule has 0 aliphatic carbocycles. The number of nitrogens with zero attached hydrogens (tertiary/aromatic N) is 2. The SMILES string of the molecule is C.C.C.C.C.C.C.C.CCC(CC(CC(C)(C)C(=O)NC[N+](C)(C)CC(O)C[N+](C)(C)C)C(=O)[O-])C(N)=O.[CH3-].[CH3-].[Na+]. The first-order valence-corrected chi connectivity index (χ1v) is 10.5. The second kappa shape index (κ2) is 32.2. The molecule has 0 aliphatic heterocycles. The van der Waals surface area contributed by atoms with Crippen molar-refractivity contribution in [1.82, 2.24) is 5.32 Å². The molecule has 0 saturated carbocycles. The number of rotatable bonds is 14. The molecule has 9 nitrogen and oxygen atoms in total. The van der Waals surface area contributed by atoms with Crippen LogP contribution in [-0.2, 0) is 14.4 Å². The van der Waals surface area contributed by atoms with Crippen LogP contribution in [0, 0.1) is 32.1 Å². The van der Waals surface area contributed by atoms with Crippen molar-refractivity contribution in [2.24, 2.45) is 23.0 Å². The zero-order valence-electron chi connectivity index (χ0n) is 23.0. The van der Waals surface area contributed by atoms with Crippen molar-refractivity contribution in [2.75, 3.05) is 55.0 Å². The summed E-state index contributed by atoms with van der Waals surface area (Å²) < 4.78 is 1.02. The Bertz CT molecular complexity index is 610. The van der Waals surface area contributed by atoms with Crippen molar-refractivity contribution in [3.8, 4) is 0 Å². The van der Waals surface area contributed by atoms with Crippen LogP contribution >= 0.6 is 0 Å². The summed E-state index contributed by atoms with van der Waals surface area (Å²) >= 11 is 0. The van der Waals surface area contributed by atoms with Crippen LogP contribution in [0.5, 0.6) is 0 Å². The fraction of sp³-hybridized carbons (Fsp3) is 0.839. The molecule has 4 N–H and O–H groups in total. The number of nitrogens with one attached hydrogen (secondary N) is 1. The van der Waals surface area contributed by atoms with Gasteiger partial charge in [0.05, 0.1) is 35.2 Å². The van der Waals surface area contributed by atoms with Gasteiger partial charge in [0.2, 0.25) is 11.8 Å². The second-order valence-electron chi connectivity index (χ2n) is 10.8. The monoisotopic (exact) mass is 613 g/mol. The number of amides is 2. The van der Waals surface area contributed by atoms with Crippen molar-refractivity contribution < 1.29 is 63.1 Å². The Balaban J connectivity index is -0.0000000765. The molecule has 0 rings (SSSR count). The number of carbonyl (C=O) groups is 3. The predicted molar refractivity (Wildman–Crippen MR) is 180 cm³/mol. The third kappa shape index (κ3) is 33.7. The van der Waals surface area contributed by atoms with Gasteiger partial charge in [0.1, 0.15) is 13.1 Å². The van der Waals surface area contributed by atoms with Gasteiger partial charge >= 0.3 is 29.6 Å². The van der Waals surface area contributed by atoms with E-state index in [4.69, 9.17) is 5.73 Å². The molecule has 3 unspecified atom stereocenters. The molecule has 41 heavy (non-hydrogen) atoms. The summed E-state index contributed by atoms with van der Waals surface area (Å²) in [7, 11) is 9.83. The van der Waals surface area contributed by atoms with E-state index in [1.54, 1.807) is 20.8 Å². The number of carboxylic acids is 1. The number of aliphatic hydroxyl groups excluding tert-OH is 1. The largest absolute Gasteiger partial charge is 1.00 e. The summed E-state index contributed by atoms with van der Waals surface area (Å²) in [5.74, 6) is -3.62. The molecule has 0 saturated heterocycles. The number of quaternary nitrogens is 2. The van der Waals surface area contributed by atoms with Crippen molar-refractivity contribution in [1.29, 1.82) is 0 Å². The minimum atomic E-state index is -1.28. The average Bonchev–Trinajstić information content (AvgIpc) is 2.53. The standard InChI is InChI=1S/C21H42N4O5.8CH4.2CH3.Na/c1-9-15(18(22)27)10-16(19(28)29)11-21(2,3)20(30)23-14-25(7,8)13-17(26)12-24(4,5)6;;;;;;;;;;;/h15-17,26H,9-14H2,1-8H3,(H2-2,22,23,27,28,29,30);8*1H4;2*1H3;/q;;;;;;;;;2*-1;+1/p+1. The molecule has 0 aromatic rings. The quantitative estimate of drug-likeness (QED) is 0.119. The number of nitrogens with two attached hydrogens (primary N) is 1. The maximum atomic E-state index is 12.8. The molecule has 3 atom stereocenters. The van der Waals surface area contributed by atoms with Crippen LogP contribution in [0.25, 0.3) is 0 Å². The number of aliphatic hydroxyl groups is 1. The Morgan fingerprint density at radius 2 is 1.24 bits per heavy atom. The number of primary amides is 1. The predicted octanol–water partition coefficient (Wildman–Crippen LogP) is 1.88. The molecule has 0 aliphatic rings. The van der Waals surface area contributed by atoms with Crippen LogP contribution < -0.4 is 45.7 Å². The van der Waals surface area contributed by atoms with E-state index in [0.717, 1.165) is 0 Å². The molecule has 0 fully saturated rings. The van der Waals surface area contributed by atoms with Crippen molar-refractivity contribution >= 4 is 17.8 Å². The fourth-order valence-corrected chi connectivity index (χ4v) is 3.65. The van der Waals surface area contributed by atoms with Crippen LogP contribution in [0.1, 0.15) is 99.4 Å². The van der Waals surface area contributed by atoms with E-state index >= 15 is 0 Å². The van der Waals surface area contributed by atoms with Crippen LogP contribution in [0.15, 0.2) is 0 Å². The smallest absolute Gasteiger partial charge is 0.550 e.